The van der Waals surface area contributed by atoms with E-state index in [-0.39, 0.29) is 5.92 Å². The van der Waals surface area contributed by atoms with E-state index in [1.807, 2.05) is 18.4 Å². The number of aliphatic hydroxyl groups is 1. The molecule has 0 saturated heterocycles. The zero-order valence-corrected chi connectivity index (χ0v) is 15.5. The molecule has 1 unspecified atom stereocenters. The number of nitrogens with zero attached hydrogens (tertiary/aromatic N) is 2. The first-order chi connectivity index (χ1) is 11.3. The Kier molecular flexibility index (Phi) is 6.40. The summed E-state index contributed by atoms with van der Waals surface area (Å²) in [6.07, 6.45) is -1.34. The zero-order chi connectivity index (χ0) is 17.9. The van der Waals surface area contributed by atoms with E-state index in [9.17, 15) is 9.90 Å². The minimum absolute atomic E-state index is 0.202. The molecule has 1 heterocycles. The monoisotopic (exact) mass is 388 g/mol. The molecule has 0 aliphatic carbocycles. The molecule has 0 radical (unpaired) electrons. The number of hydrogen-bond acceptors (Lipinski definition) is 4. The average molecular weight is 389 g/mol. The summed E-state index contributed by atoms with van der Waals surface area (Å²) in [7, 11) is 0. The van der Waals surface area contributed by atoms with Crippen molar-refractivity contribution in [2.75, 3.05) is 6.54 Å². The average Bonchev–Trinajstić information content (AvgIpc) is 2.86. The van der Waals surface area contributed by atoms with E-state index >= 15 is 0 Å². The van der Waals surface area contributed by atoms with Crippen LogP contribution in [0.2, 0.25) is 10.0 Å². The predicted octanol–water partition coefficient (Wildman–Crippen LogP) is 3.22. The third kappa shape index (κ3) is 4.57. The Labute approximate surface area is 154 Å². The highest BCUT2D eigenvalue weighted by Crippen LogP contribution is 2.23. The van der Waals surface area contributed by atoms with Gasteiger partial charge in [-0.2, -0.15) is 5.10 Å². The standard InChI is InChI=1S/C15H18Cl2N4O2S/c1-8(2)13-19-20-15(24)21(13)4-3-18-14(23)12(22)9-5-10(16)7-11(17)6-9/h5-8,12,22H,3-4H2,1-2H3,(H,18,23)(H,20,24). The second kappa shape index (κ2) is 8.11. The van der Waals surface area contributed by atoms with Gasteiger partial charge in [0.15, 0.2) is 10.9 Å². The molecule has 1 aromatic carbocycles. The normalized spacial score (nSPS) is 12.4. The van der Waals surface area contributed by atoms with Crippen LogP contribution in [-0.4, -0.2) is 32.3 Å². The number of aliphatic hydroxyl groups excluding tert-OH is 1. The molecule has 9 heteroatoms. The lowest BCUT2D eigenvalue weighted by atomic mass is 10.1. The van der Waals surface area contributed by atoms with Crippen molar-refractivity contribution in [2.24, 2.45) is 0 Å². The molecular formula is C15H18Cl2N4O2S. The summed E-state index contributed by atoms with van der Waals surface area (Å²) in [5.74, 6) is 0.485. The topological polar surface area (TPSA) is 82.9 Å². The molecule has 3 N–H and O–H groups in total. The van der Waals surface area contributed by atoms with Crippen LogP contribution in [-0.2, 0) is 11.3 Å². The number of aromatic amines is 1. The number of carbonyl (C=O) groups is 1. The summed E-state index contributed by atoms with van der Waals surface area (Å²) in [6.45, 7) is 4.77. The van der Waals surface area contributed by atoms with E-state index in [4.69, 9.17) is 35.4 Å². The molecule has 1 aromatic heterocycles. The molecule has 1 atom stereocenters. The van der Waals surface area contributed by atoms with Crippen molar-refractivity contribution in [3.63, 3.8) is 0 Å². The number of H-pyrrole nitrogens is 1. The number of carbonyl (C=O) groups excluding carboxylic acids is 1. The van der Waals surface area contributed by atoms with E-state index in [1.54, 1.807) is 0 Å². The molecule has 6 nitrogen and oxygen atoms in total. The first-order valence-corrected chi connectivity index (χ1v) is 8.53. The maximum Gasteiger partial charge on any atom is 0.253 e. The van der Waals surface area contributed by atoms with E-state index < -0.39 is 12.0 Å². The van der Waals surface area contributed by atoms with E-state index in [2.05, 4.69) is 15.5 Å². The molecule has 0 fully saturated rings. The maximum absolute atomic E-state index is 12.1. The second-order valence-electron chi connectivity index (χ2n) is 5.59. The third-order valence-electron chi connectivity index (χ3n) is 3.39. The van der Waals surface area contributed by atoms with Crippen LogP contribution in [0.3, 0.4) is 0 Å². The summed E-state index contributed by atoms with van der Waals surface area (Å²) in [4.78, 5) is 12.1. The highest BCUT2D eigenvalue weighted by atomic mass is 35.5. The maximum atomic E-state index is 12.1. The Hall–Kier alpha value is -1.41. The van der Waals surface area contributed by atoms with E-state index in [0.29, 0.717) is 33.5 Å². The first-order valence-electron chi connectivity index (χ1n) is 7.36. The number of rotatable bonds is 6. The van der Waals surface area contributed by atoms with Gasteiger partial charge in [-0.15, -0.1) is 0 Å². The number of nitrogens with one attached hydrogen (secondary N) is 2. The van der Waals surface area contributed by atoms with Crippen molar-refractivity contribution in [2.45, 2.75) is 32.4 Å². The number of aromatic nitrogens is 3. The van der Waals surface area contributed by atoms with Gasteiger partial charge >= 0.3 is 0 Å². The minimum Gasteiger partial charge on any atom is -0.378 e. The molecule has 0 saturated carbocycles. The van der Waals surface area contributed by atoms with Crippen LogP contribution < -0.4 is 5.32 Å². The summed E-state index contributed by atoms with van der Waals surface area (Å²) < 4.78 is 2.32. The highest BCUT2D eigenvalue weighted by Gasteiger charge is 2.18. The fourth-order valence-corrected chi connectivity index (χ4v) is 3.03. The van der Waals surface area contributed by atoms with Crippen molar-refractivity contribution in [3.8, 4) is 0 Å². The predicted molar refractivity (Wildman–Crippen MR) is 95.9 cm³/mol. The second-order valence-corrected chi connectivity index (χ2v) is 6.85. The van der Waals surface area contributed by atoms with Gasteiger partial charge in [0.1, 0.15) is 5.82 Å². The van der Waals surface area contributed by atoms with Gasteiger partial charge < -0.3 is 15.0 Å². The van der Waals surface area contributed by atoms with Gasteiger partial charge in [-0.3, -0.25) is 9.89 Å². The van der Waals surface area contributed by atoms with Crippen LogP contribution in [0.1, 0.15) is 37.3 Å². The molecular weight excluding hydrogens is 371 g/mol. The minimum atomic E-state index is -1.34. The molecule has 0 aliphatic heterocycles. The number of halogens is 2. The largest absolute Gasteiger partial charge is 0.378 e. The molecule has 0 aliphatic rings. The van der Waals surface area contributed by atoms with E-state index in [0.717, 1.165) is 5.82 Å². The van der Waals surface area contributed by atoms with Gasteiger partial charge in [0.25, 0.3) is 5.91 Å². The highest BCUT2D eigenvalue weighted by molar-refractivity contribution is 7.71. The Balaban J connectivity index is 1.98. The summed E-state index contributed by atoms with van der Waals surface area (Å²) in [5.41, 5.74) is 0.341. The molecule has 130 valence electrons. The Morgan fingerprint density at radius 1 is 1.38 bits per heavy atom. The molecule has 1 amide bonds. The van der Waals surface area contributed by atoms with Crippen molar-refractivity contribution in [3.05, 3.63) is 44.4 Å². The Morgan fingerprint density at radius 3 is 2.58 bits per heavy atom. The third-order valence-corrected chi connectivity index (χ3v) is 4.14. The molecule has 0 spiro atoms. The van der Waals surface area contributed by atoms with Gasteiger partial charge in [0.2, 0.25) is 0 Å². The van der Waals surface area contributed by atoms with Crippen molar-refractivity contribution in [1.82, 2.24) is 20.1 Å². The number of benzene rings is 1. The van der Waals surface area contributed by atoms with Crippen molar-refractivity contribution in [1.29, 1.82) is 0 Å². The lowest BCUT2D eigenvalue weighted by Gasteiger charge is -2.14. The fraction of sp³-hybridized carbons (Fsp3) is 0.400. The number of amides is 1. The first kappa shape index (κ1) is 18.9. The SMILES string of the molecule is CC(C)c1n[nH]c(=S)n1CCNC(=O)C(O)c1cc(Cl)cc(Cl)c1. The summed E-state index contributed by atoms with van der Waals surface area (Å²) >= 11 is 16.9. The van der Waals surface area contributed by atoms with Gasteiger partial charge in [0, 0.05) is 29.1 Å². The number of hydrogen-bond donors (Lipinski definition) is 3. The van der Waals surface area contributed by atoms with Gasteiger partial charge in [-0.25, -0.2) is 0 Å². The van der Waals surface area contributed by atoms with Crippen molar-refractivity contribution < 1.29 is 9.90 Å². The van der Waals surface area contributed by atoms with Gasteiger partial charge in [-0.05, 0) is 36.0 Å². The zero-order valence-electron chi connectivity index (χ0n) is 13.2. The molecule has 0 bridgehead atoms. The Bertz CT molecular complexity index is 768. The fourth-order valence-electron chi connectivity index (χ4n) is 2.26. The summed E-state index contributed by atoms with van der Waals surface area (Å²) in [6, 6.07) is 4.53. The van der Waals surface area contributed by atoms with Crippen LogP contribution in [0.5, 0.6) is 0 Å². The molecule has 2 rings (SSSR count). The Morgan fingerprint density at radius 2 is 2.00 bits per heavy atom. The summed E-state index contributed by atoms with van der Waals surface area (Å²) in [5, 5.41) is 20.4. The van der Waals surface area contributed by atoms with Crippen LogP contribution >= 0.6 is 35.4 Å². The van der Waals surface area contributed by atoms with Crippen LogP contribution in [0.4, 0.5) is 0 Å². The molecule has 24 heavy (non-hydrogen) atoms. The van der Waals surface area contributed by atoms with E-state index in [1.165, 1.54) is 18.2 Å². The van der Waals surface area contributed by atoms with Crippen molar-refractivity contribution >= 4 is 41.3 Å². The lowest BCUT2D eigenvalue weighted by molar-refractivity contribution is -0.129. The van der Waals surface area contributed by atoms with Crippen LogP contribution in [0.25, 0.3) is 0 Å². The quantitative estimate of drug-likeness (QED) is 0.663. The molecule has 2 aromatic rings. The van der Waals surface area contributed by atoms with Gasteiger partial charge in [0.05, 0.1) is 0 Å². The van der Waals surface area contributed by atoms with Crippen LogP contribution in [0.15, 0.2) is 18.2 Å². The van der Waals surface area contributed by atoms with Gasteiger partial charge in [-0.1, -0.05) is 37.0 Å². The van der Waals surface area contributed by atoms with Crippen LogP contribution in [0, 0.1) is 4.77 Å². The lowest BCUT2D eigenvalue weighted by Crippen LogP contribution is -2.32. The smallest absolute Gasteiger partial charge is 0.253 e.